The molecule has 0 aliphatic heterocycles. The summed E-state index contributed by atoms with van der Waals surface area (Å²) in [5.41, 5.74) is -0.0522. The molecule has 2 nitrogen and oxygen atoms in total. The minimum atomic E-state index is -0.0522. The van der Waals surface area contributed by atoms with Crippen molar-refractivity contribution < 1.29 is 9.47 Å². The van der Waals surface area contributed by atoms with Crippen LogP contribution in [0.1, 0.15) is 33.6 Å². The van der Waals surface area contributed by atoms with E-state index in [0.29, 0.717) is 12.7 Å². The minimum Gasteiger partial charge on any atom is -0.373 e. The Morgan fingerprint density at radius 1 is 1.36 bits per heavy atom. The Labute approximate surface area is 68.9 Å². The van der Waals surface area contributed by atoms with Crippen LogP contribution in [0.2, 0.25) is 0 Å². The van der Waals surface area contributed by atoms with Crippen molar-refractivity contribution in [1.29, 1.82) is 0 Å². The number of hydrogen-bond donors (Lipinski definition) is 0. The molecular formula is C9H17O2. The molecule has 11 heavy (non-hydrogen) atoms. The first-order valence-corrected chi connectivity index (χ1v) is 4.19. The second kappa shape index (κ2) is 3.55. The van der Waals surface area contributed by atoms with Gasteiger partial charge in [-0.3, -0.25) is 0 Å². The van der Waals surface area contributed by atoms with Crippen LogP contribution in [0.4, 0.5) is 0 Å². The van der Waals surface area contributed by atoms with Crippen molar-refractivity contribution in [2.24, 2.45) is 0 Å². The lowest BCUT2D eigenvalue weighted by atomic mass is 10.2. The van der Waals surface area contributed by atoms with Crippen LogP contribution in [0.5, 0.6) is 0 Å². The Hall–Kier alpha value is -0.0800. The minimum absolute atomic E-state index is 0.0522. The highest BCUT2D eigenvalue weighted by Gasteiger charge is 2.22. The summed E-state index contributed by atoms with van der Waals surface area (Å²) >= 11 is 0. The van der Waals surface area contributed by atoms with Gasteiger partial charge in [0.15, 0.2) is 0 Å². The summed E-state index contributed by atoms with van der Waals surface area (Å²) in [6, 6.07) is 0. The Kier molecular flexibility index (Phi) is 2.90. The van der Waals surface area contributed by atoms with Crippen molar-refractivity contribution >= 4 is 0 Å². The average molecular weight is 157 g/mol. The molecule has 0 amide bonds. The van der Waals surface area contributed by atoms with E-state index in [0.717, 1.165) is 0 Å². The zero-order valence-electron chi connectivity index (χ0n) is 7.59. The normalized spacial score (nSPS) is 18.8. The molecule has 1 fully saturated rings. The Bertz CT molecular complexity index is 111. The molecular weight excluding hydrogens is 140 g/mol. The highest BCUT2D eigenvalue weighted by Crippen LogP contribution is 2.24. The quantitative estimate of drug-likeness (QED) is 0.582. The van der Waals surface area contributed by atoms with Crippen LogP contribution in [0, 0.1) is 6.61 Å². The highest BCUT2D eigenvalue weighted by atomic mass is 16.5. The predicted molar refractivity (Wildman–Crippen MR) is 44.1 cm³/mol. The van der Waals surface area contributed by atoms with Gasteiger partial charge in [-0.05, 0) is 33.6 Å². The smallest absolute Gasteiger partial charge is 0.110 e. The van der Waals surface area contributed by atoms with Crippen molar-refractivity contribution in [1.82, 2.24) is 0 Å². The lowest BCUT2D eigenvalue weighted by Crippen LogP contribution is -2.20. The lowest BCUT2D eigenvalue weighted by molar-refractivity contribution is -0.0151. The van der Waals surface area contributed by atoms with Gasteiger partial charge in [0.1, 0.15) is 6.61 Å². The first kappa shape index (κ1) is 9.01. The zero-order chi connectivity index (χ0) is 8.32. The number of ether oxygens (including phenoxy) is 2. The fraction of sp³-hybridized carbons (Fsp3) is 0.889. The molecule has 0 bridgehead atoms. The van der Waals surface area contributed by atoms with E-state index < -0.39 is 0 Å². The molecule has 1 aliphatic rings. The van der Waals surface area contributed by atoms with Gasteiger partial charge in [-0.25, -0.2) is 0 Å². The molecule has 0 aromatic carbocycles. The van der Waals surface area contributed by atoms with Gasteiger partial charge in [-0.1, -0.05) is 0 Å². The largest absolute Gasteiger partial charge is 0.373 e. The number of hydrogen-bond acceptors (Lipinski definition) is 2. The van der Waals surface area contributed by atoms with Gasteiger partial charge >= 0.3 is 0 Å². The molecule has 0 N–H and O–H groups in total. The lowest BCUT2D eigenvalue weighted by Gasteiger charge is -2.18. The molecule has 0 aromatic rings. The van der Waals surface area contributed by atoms with E-state index in [1.807, 2.05) is 20.8 Å². The first-order chi connectivity index (χ1) is 5.08. The molecule has 1 saturated carbocycles. The van der Waals surface area contributed by atoms with Gasteiger partial charge < -0.3 is 9.47 Å². The summed E-state index contributed by atoms with van der Waals surface area (Å²) < 4.78 is 10.7. The monoisotopic (exact) mass is 157 g/mol. The van der Waals surface area contributed by atoms with E-state index in [4.69, 9.17) is 9.47 Å². The summed E-state index contributed by atoms with van der Waals surface area (Å²) in [6.07, 6.45) is 2.93. The van der Waals surface area contributed by atoms with E-state index in [2.05, 4.69) is 0 Å². The molecule has 1 aliphatic carbocycles. The SMILES string of the molecule is CC(C)(C)OC[CH]OC1CC1. The molecule has 1 rings (SSSR count). The molecule has 0 unspecified atom stereocenters. The fourth-order valence-corrected chi connectivity index (χ4v) is 0.664. The zero-order valence-corrected chi connectivity index (χ0v) is 7.59. The van der Waals surface area contributed by atoms with Gasteiger partial charge in [-0.15, -0.1) is 0 Å². The molecule has 0 heterocycles. The molecule has 1 radical (unpaired) electrons. The van der Waals surface area contributed by atoms with E-state index >= 15 is 0 Å². The standard InChI is InChI=1S/C9H17O2/c1-9(2,3)11-7-6-10-8-4-5-8/h6,8H,4-5,7H2,1-3H3. The van der Waals surface area contributed by atoms with E-state index in [1.165, 1.54) is 12.8 Å². The van der Waals surface area contributed by atoms with E-state index in [-0.39, 0.29) is 5.60 Å². The van der Waals surface area contributed by atoms with Gasteiger partial charge in [-0.2, -0.15) is 0 Å². The summed E-state index contributed by atoms with van der Waals surface area (Å²) in [6.45, 7) is 8.48. The van der Waals surface area contributed by atoms with Crippen molar-refractivity contribution in [3.8, 4) is 0 Å². The molecule has 0 aromatic heterocycles. The van der Waals surface area contributed by atoms with E-state index in [1.54, 1.807) is 6.61 Å². The second-order valence-corrected chi connectivity index (χ2v) is 3.93. The second-order valence-electron chi connectivity index (χ2n) is 3.93. The van der Waals surface area contributed by atoms with Crippen LogP contribution in [0.25, 0.3) is 0 Å². The van der Waals surface area contributed by atoms with Crippen molar-refractivity contribution in [3.63, 3.8) is 0 Å². The average Bonchev–Trinajstić information content (AvgIpc) is 2.60. The van der Waals surface area contributed by atoms with Crippen molar-refractivity contribution in [2.75, 3.05) is 6.61 Å². The van der Waals surface area contributed by atoms with Gasteiger partial charge in [0.25, 0.3) is 0 Å². The first-order valence-electron chi connectivity index (χ1n) is 4.19. The van der Waals surface area contributed by atoms with Crippen LogP contribution in [-0.2, 0) is 9.47 Å². The van der Waals surface area contributed by atoms with Crippen molar-refractivity contribution in [3.05, 3.63) is 6.61 Å². The predicted octanol–water partition coefficient (Wildman–Crippen LogP) is 2.14. The summed E-state index contributed by atoms with van der Waals surface area (Å²) in [4.78, 5) is 0. The van der Waals surface area contributed by atoms with Crippen molar-refractivity contribution in [2.45, 2.75) is 45.3 Å². The number of rotatable bonds is 4. The van der Waals surface area contributed by atoms with Gasteiger partial charge in [0.05, 0.1) is 18.3 Å². The molecule has 0 spiro atoms. The van der Waals surface area contributed by atoms with Crippen LogP contribution in [0.3, 0.4) is 0 Å². The summed E-state index contributed by atoms with van der Waals surface area (Å²) in [7, 11) is 0. The van der Waals surface area contributed by atoms with Crippen LogP contribution in [-0.4, -0.2) is 18.3 Å². The third kappa shape index (κ3) is 5.22. The molecule has 2 heteroatoms. The van der Waals surface area contributed by atoms with Gasteiger partial charge in [0.2, 0.25) is 0 Å². The van der Waals surface area contributed by atoms with Gasteiger partial charge in [0, 0.05) is 0 Å². The molecule has 65 valence electrons. The maximum atomic E-state index is 5.43. The maximum absolute atomic E-state index is 5.43. The maximum Gasteiger partial charge on any atom is 0.110 e. The third-order valence-corrected chi connectivity index (χ3v) is 1.40. The summed E-state index contributed by atoms with van der Waals surface area (Å²) in [5, 5.41) is 0. The van der Waals surface area contributed by atoms with Crippen LogP contribution < -0.4 is 0 Å². The molecule has 0 atom stereocenters. The third-order valence-electron chi connectivity index (χ3n) is 1.40. The molecule has 0 saturated heterocycles. The fourth-order valence-electron chi connectivity index (χ4n) is 0.664. The highest BCUT2D eigenvalue weighted by molar-refractivity contribution is 4.75. The topological polar surface area (TPSA) is 18.5 Å². The summed E-state index contributed by atoms with van der Waals surface area (Å²) in [5.74, 6) is 0. The Morgan fingerprint density at radius 3 is 2.45 bits per heavy atom. The Morgan fingerprint density at radius 2 is 2.00 bits per heavy atom. The van der Waals surface area contributed by atoms with Crippen LogP contribution >= 0.6 is 0 Å². The Balaban J connectivity index is 1.87. The van der Waals surface area contributed by atoms with Crippen LogP contribution in [0.15, 0.2) is 0 Å². The van der Waals surface area contributed by atoms with E-state index in [9.17, 15) is 0 Å².